The molecule has 0 aliphatic heterocycles. The van der Waals surface area contributed by atoms with E-state index in [2.05, 4.69) is 10.6 Å². The summed E-state index contributed by atoms with van der Waals surface area (Å²) in [4.78, 5) is 48.2. The molecular weight excluding hydrogens is 376 g/mol. The lowest BCUT2D eigenvalue weighted by Crippen LogP contribution is -2.55. The summed E-state index contributed by atoms with van der Waals surface area (Å²) in [5.74, 6) is -2.44. The molecule has 6 N–H and O–H groups in total. The topological polar surface area (TPSA) is 154 Å². The highest BCUT2D eigenvalue weighted by molar-refractivity contribution is 5.93. The van der Waals surface area contributed by atoms with Gasteiger partial charge >= 0.3 is 5.97 Å². The van der Waals surface area contributed by atoms with E-state index in [-0.39, 0.29) is 18.8 Å². The molecule has 0 saturated carbocycles. The number of hydrogen-bond donors (Lipinski definition) is 4. The zero-order chi connectivity index (χ0) is 22.0. The smallest absolute Gasteiger partial charge is 0.328 e. The van der Waals surface area contributed by atoms with Crippen molar-refractivity contribution in [3.63, 3.8) is 0 Å². The maximum absolute atomic E-state index is 12.8. The van der Waals surface area contributed by atoms with Crippen molar-refractivity contribution in [3.8, 4) is 0 Å². The van der Waals surface area contributed by atoms with E-state index in [0.717, 1.165) is 5.56 Å². The quantitative estimate of drug-likeness (QED) is 0.367. The standard InChI is InChI=1S/C20H30N4O5/c1-12(2)9-15(23-18(26)14(21)11-17(22)25)19(27)24-16(20(28)29-3)10-13-7-5-4-6-8-13/h4-8,12,14-16H,9-11,21H2,1-3H3,(H2,22,25)(H,23,26)(H,24,27)/t14-,15-,16-/m0/s1. The van der Waals surface area contributed by atoms with Gasteiger partial charge in [0.25, 0.3) is 0 Å². The average molecular weight is 406 g/mol. The Hall–Kier alpha value is -2.94. The van der Waals surface area contributed by atoms with Crippen molar-refractivity contribution in [2.75, 3.05) is 7.11 Å². The molecule has 0 fully saturated rings. The fourth-order valence-electron chi connectivity index (χ4n) is 2.75. The zero-order valence-electron chi connectivity index (χ0n) is 17.0. The summed E-state index contributed by atoms with van der Waals surface area (Å²) in [6, 6.07) is 6.16. The molecule has 1 aromatic carbocycles. The molecule has 3 atom stereocenters. The van der Waals surface area contributed by atoms with E-state index in [4.69, 9.17) is 16.2 Å². The van der Waals surface area contributed by atoms with Crippen LogP contribution in [0.2, 0.25) is 0 Å². The lowest BCUT2D eigenvalue weighted by atomic mass is 10.0. The van der Waals surface area contributed by atoms with Crippen molar-refractivity contribution in [3.05, 3.63) is 35.9 Å². The summed E-state index contributed by atoms with van der Waals surface area (Å²) in [6.07, 6.45) is 0.226. The summed E-state index contributed by atoms with van der Waals surface area (Å²) in [6.45, 7) is 3.77. The van der Waals surface area contributed by atoms with Gasteiger partial charge in [0.1, 0.15) is 12.1 Å². The van der Waals surface area contributed by atoms with Crippen molar-refractivity contribution in [1.82, 2.24) is 10.6 Å². The largest absolute Gasteiger partial charge is 0.467 e. The molecule has 9 nitrogen and oxygen atoms in total. The Balaban J connectivity index is 2.90. The molecule has 0 unspecified atom stereocenters. The number of carbonyl (C=O) groups excluding carboxylic acids is 4. The molecule has 9 heteroatoms. The van der Waals surface area contributed by atoms with Gasteiger partial charge in [0.05, 0.1) is 19.6 Å². The monoisotopic (exact) mass is 406 g/mol. The van der Waals surface area contributed by atoms with Crippen LogP contribution in [0.5, 0.6) is 0 Å². The maximum atomic E-state index is 12.8. The predicted molar refractivity (Wildman–Crippen MR) is 107 cm³/mol. The fourth-order valence-corrected chi connectivity index (χ4v) is 2.75. The molecule has 29 heavy (non-hydrogen) atoms. The lowest BCUT2D eigenvalue weighted by molar-refractivity contribution is -0.145. The van der Waals surface area contributed by atoms with Crippen molar-refractivity contribution in [1.29, 1.82) is 0 Å². The second-order valence-corrected chi connectivity index (χ2v) is 7.24. The third-order valence-electron chi connectivity index (χ3n) is 4.18. The highest BCUT2D eigenvalue weighted by Gasteiger charge is 2.29. The molecule has 3 amide bonds. The molecule has 0 radical (unpaired) electrons. The zero-order valence-corrected chi connectivity index (χ0v) is 17.0. The number of ether oxygens (including phenoxy) is 1. The fraction of sp³-hybridized carbons (Fsp3) is 0.500. The van der Waals surface area contributed by atoms with E-state index in [9.17, 15) is 19.2 Å². The molecule has 0 saturated heterocycles. The van der Waals surface area contributed by atoms with E-state index in [1.165, 1.54) is 7.11 Å². The number of rotatable bonds is 11. The summed E-state index contributed by atoms with van der Waals surface area (Å²) in [7, 11) is 1.24. The SMILES string of the molecule is COC(=O)[C@H](Cc1ccccc1)NC(=O)[C@H](CC(C)C)NC(=O)[C@@H](N)CC(N)=O. The number of esters is 1. The van der Waals surface area contributed by atoms with Crippen LogP contribution in [-0.2, 0) is 30.3 Å². The normalized spacial score (nSPS) is 13.8. The number of hydrogen-bond acceptors (Lipinski definition) is 6. The maximum Gasteiger partial charge on any atom is 0.328 e. The van der Waals surface area contributed by atoms with Crippen LogP contribution in [0, 0.1) is 5.92 Å². The van der Waals surface area contributed by atoms with Crippen LogP contribution < -0.4 is 22.1 Å². The van der Waals surface area contributed by atoms with Gasteiger partial charge in [-0.15, -0.1) is 0 Å². The molecule has 0 aliphatic rings. The van der Waals surface area contributed by atoms with Crippen molar-refractivity contribution in [2.24, 2.45) is 17.4 Å². The van der Waals surface area contributed by atoms with Crippen molar-refractivity contribution >= 4 is 23.7 Å². The van der Waals surface area contributed by atoms with Crippen molar-refractivity contribution < 1.29 is 23.9 Å². The van der Waals surface area contributed by atoms with Gasteiger partial charge in [0.15, 0.2) is 0 Å². The summed E-state index contributed by atoms with van der Waals surface area (Å²) in [5.41, 5.74) is 11.6. The third kappa shape index (κ3) is 8.73. The first kappa shape index (κ1) is 24.1. The van der Waals surface area contributed by atoms with Gasteiger partial charge in [0.2, 0.25) is 17.7 Å². The Morgan fingerprint density at radius 2 is 1.59 bits per heavy atom. The number of methoxy groups -OCH3 is 1. The third-order valence-corrected chi connectivity index (χ3v) is 4.18. The second-order valence-electron chi connectivity index (χ2n) is 7.24. The molecule has 0 spiro atoms. The average Bonchev–Trinajstić information content (AvgIpc) is 2.66. The molecule has 0 aliphatic carbocycles. The molecule has 160 valence electrons. The number of carbonyl (C=O) groups is 4. The number of amides is 3. The molecule has 1 rings (SSSR count). The summed E-state index contributed by atoms with van der Waals surface area (Å²) in [5, 5.41) is 5.19. The van der Waals surface area contributed by atoms with Crippen LogP contribution in [0.25, 0.3) is 0 Å². The van der Waals surface area contributed by atoms with Crippen LogP contribution in [0.4, 0.5) is 0 Å². The van der Waals surface area contributed by atoms with Gasteiger partial charge in [-0.3, -0.25) is 14.4 Å². The van der Waals surface area contributed by atoms with Crippen molar-refractivity contribution in [2.45, 2.75) is 51.2 Å². The van der Waals surface area contributed by atoms with Gasteiger partial charge in [0, 0.05) is 6.42 Å². The van der Waals surface area contributed by atoms with E-state index in [1.807, 2.05) is 44.2 Å². The van der Waals surface area contributed by atoms with Crippen LogP contribution >= 0.6 is 0 Å². The lowest BCUT2D eigenvalue weighted by Gasteiger charge is -2.24. The molecule has 0 aromatic heterocycles. The van der Waals surface area contributed by atoms with Gasteiger partial charge in [-0.25, -0.2) is 4.79 Å². The number of nitrogens with one attached hydrogen (secondary N) is 2. The van der Waals surface area contributed by atoms with Crippen LogP contribution in [0.15, 0.2) is 30.3 Å². The predicted octanol–water partition coefficient (Wildman–Crippen LogP) is -0.379. The van der Waals surface area contributed by atoms with E-state index in [1.54, 1.807) is 0 Å². The number of primary amides is 1. The first-order valence-electron chi connectivity index (χ1n) is 9.40. The second kappa shape index (κ2) is 11.8. The molecule has 1 aromatic rings. The first-order chi connectivity index (χ1) is 13.6. The Morgan fingerprint density at radius 1 is 1.00 bits per heavy atom. The van der Waals surface area contributed by atoms with Crippen LogP contribution in [-0.4, -0.2) is 48.9 Å². The van der Waals surface area contributed by atoms with E-state index in [0.29, 0.717) is 6.42 Å². The highest BCUT2D eigenvalue weighted by atomic mass is 16.5. The Kier molecular flexibility index (Phi) is 9.81. The minimum atomic E-state index is -1.16. The Labute approximate surface area is 170 Å². The molecule has 0 heterocycles. The minimum Gasteiger partial charge on any atom is -0.467 e. The Bertz CT molecular complexity index is 708. The summed E-state index contributed by atoms with van der Waals surface area (Å²) < 4.78 is 4.80. The van der Waals surface area contributed by atoms with Gasteiger partial charge in [-0.2, -0.15) is 0 Å². The van der Waals surface area contributed by atoms with E-state index >= 15 is 0 Å². The van der Waals surface area contributed by atoms with Gasteiger partial charge < -0.3 is 26.8 Å². The molecule has 0 bridgehead atoms. The van der Waals surface area contributed by atoms with Gasteiger partial charge in [-0.1, -0.05) is 44.2 Å². The summed E-state index contributed by atoms with van der Waals surface area (Å²) >= 11 is 0. The van der Waals surface area contributed by atoms with E-state index < -0.39 is 41.8 Å². The van der Waals surface area contributed by atoms with Gasteiger partial charge in [-0.05, 0) is 17.9 Å². The number of nitrogens with two attached hydrogens (primary N) is 2. The number of benzene rings is 1. The Morgan fingerprint density at radius 3 is 2.10 bits per heavy atom. The van der Waals surface area contributed by atoms with Crippen LogP contribution in [0.3, 0.4) is 0 Å². The molecular formula is C20H30N4O5. The highest BCUT2D eigenvalue weighted by Crippen LogP contribution is 2.09. The van der Waals surface area contributed by atoms with Crippen LogP contribution in [0.1, 0.15) is 32.3 Å². The first-order valence-corrected chi connectivity index (χ1v) is 9.40. The minimum absolute atomic E-state index is 0.0733.